The molecule has 3 rings (SSSR count). The van der Waals surface area contributed by atoms with Crippen LogP contribution in [0.25, 0.3) is 22.8 Å². The SMILES string of the molecule is Cc1cc(C)c(-c2noc(-c3c(C)ccc(C)c3F)n2)cc1C(=O)O. The smallest absolute Gasteiger partial charge is 0.335 e. The number of aryl methyl sites for hydroxylation is 4. The molecule has 3 aromatic rings. The van der Waals surface area contributed by atoms with Gasteiger partial charge in [0.1, 0.15) is 5.82 Å². The molecule has 5 nitrogen and oxygen atoms in total. The molecular weight excluding hydrogens is 323 g/mol. The number of halogens is 1. The molecule has 1 heterocycles. The van der Waals surface area contributed by atoms with Gasteiger partial charge in [-0.05, 0) is 56.0 Å². The highest BCUT2D eigenvalue weighted by molar-refractivity contribution is 5.91. The van der Waals surface area contributed by atoms with Crippen molar-refractivity contribution in [1.82, 2.24) is 10.1 Å². The summed E-state index contributed by atoms with van der Waals surface area (Å²) in [7, 11) is 0. The van der Waals surface area contributed by atoms with E-state index in [1.54, 1.807) is 39.0 Å². The highest BCUT2D eigenvalue weighted by Gasteiger charge is 2.20. The van der Waals surface area contributed by atoms with Crippen LogP contribution in [0.5, 0.6) is 0 Å². The number of aromatic nitrogens is 2. The number of carbonyl (C=O) groups is 1. The summed E-state index contributed by atoms with van der Waals surface area (Å²) in [5.41, 5.74) is 3.62. The zero-order valence-corrected chi connectivity index (χ0v) is 14.3. The van der Waals surface area contributed by atoms with Crippen molar-refractivity contribution in [3.63, 3.8) is 0 Å². The molecule has 0 atom stereocenters. The van der Waals surface area contributed by atoms with Gasteiger partial charge in [0.05, 0.1) is 11.1 Å². The molecule has 1 aromatic heterocycles. The van der Waals surface area contributed by atoms with Crippen LogP contribution in [0, 0.1) is 33.5 Å². The van der Waals surface area contributed by atoms with E-state index in [9.17, 15) is 14.3 Å². The van der Waals surface area contributed by atoms with Crippen LogP contribution in [0.4, 0.5) is 4.39 Å². The van der Waals surface area contributed by atoms with Gasteiger partial charge in [0.15, 0.2) is 0 Å². The number of benzene rings is 2. The lowest BCUT2D eigenvalue weighted by Crippen LogP contribution is -2.01. The van der Waals surface area contributed by atoms with Crippen molar-refractivity contribution in [2.75, 3.05) is 0 Å². The van der Waals surface area contributed by atoms with Gasteiger partial charge in [0.25, 0.3) is 5.89 Å². The number of aromatic carboxylic acids is 1. The lowest BCUT2D eigenvalue weighted by Gasteiger charge is -2.07. The Labute approximate surface area is 144 Å². The molecule has 6 heteroatoms. The van der Waals surface area contributed by atoms with Gasteiger partial charge < -0.3 is 9.63 Å². The zero-order valence-electron chi connectivity index (χ0n) is 14.3. The summed E-state index contributed by atoms with van der Waals surface area (Å²) in [6, 6.07) is 6.75. The number of carboxylic acid groups (broad SMARTS) is 1. The first kappa shape index (κ1) is 16.8. The summed E-state index contributed by atoms with van der Waals surface area (Å²) in [4.78, 5) is 15.6. The fourth-order valence-corrected chi connectivity index (χ4v) is 2.80. The molecule has 25 heavy (non-hydrogen) atoms. The summed E-state index contributed by atoms with van der Waals surface area (Å²) in [5.74, 6) is -1.12. The maximum absolute atomic E-state index is 14.5. The van der Waals surface area contributed by atoms with E-state index in [2.05, 4.69) is 10.1 Å². The highest BCUT2D eigenvalue weighted by atomic mass is 19.1. The number of nitrogens with zero attached hydrogens (tertiary/aromatic N) is 2. The quantitative estimate of drug-likeness (QED) is 0.761. The van der Waals surface area contributed by atoms with Crippen LogP contribution >= 0.6 is 0 Å². The van der Waals surface area contributed by atoms with Crippen molar-refractivity contribution in [2.24, 2.45) is 0 Å². The van der Waals surface area contributed by atoms with Crippen molar-refractivity contribution >= 4 is 5.97 Å². The zero-order chi connectivity index (χ0) is 18.3. The summed E-state index contributed by atoms with van der Waals surface area (Å²) < 4.78 is 19.7. The molecule has 1 N–H and O–H groups in total. The Morgan fingerprint density at radius 3 is 2.40 bits per heavy atom. The molecule has 0 radical (unpaired) electrons. The van der Waals surface area contributed by atoms with Crippen molar-refractivity contribution in [2.45, 2.75) is 27.7 Å². The topological polar surface area (TPSA) is 76.2 Å². The summed E-state index contributed by atoms with van der Waals surface area (Å²) in [5, 5.41) is 13.2. The Hall–Kier alpha value is -3.02. The van der Waals surface area contributed by atoms with E-state index in [1.807, 2.05) is 6.92 Å². The van der Waals surface area contributed by atoms with Crippen molar-refractivity contribution in [3.05, 3.63) is 57.9 Å². The fourth-order valence-electron chi connectivity index (χ4n) is 2.80. The molecule has 0 aliphatic rings. The fraction of sp³-hybridized carbons (Fsp3) is 0.211. The van der Waals surface area contributed by atoms with Crippen molar-refractivity contribution < 1.29 is 18.8 Å². The second kappa shape index (κ2) is 6.12. The maximum Gasteiger partial charge on any atom is 0.335 e. The normalized spacial score (nSPS) is 10.9. The predicted octanol–water partition coefficient (Wildman–Crippen LogP) is 4.47. The van der Waals surface area contributed by atoms with Gasteiger partial charge in [-0.25, -0.2) is 9.18 Å². The van der Waals surface area contributed by atoms with Crippen LogP contribution in [0.3, 0.4) is 0 Å². The van der Waals surface area contributed by atoms with Gasteiger partial charge >= 0.3 is 5.97 Å². The second-order valence-electron chi connectivity index (χ2n) is 6.10. The first-order valence-electron chi connectivity index (χ1n) is 7.74. The van der Waals surface area contributed by atoms with Crippen LogP contribution in [0.1, 0.15) is 32.6 Å². The number of rotatable bonds is 3. The molecule has 0 aliphatic carbocycles. The molecule has 2 aromatic carbocycles. The van der Waals surface area contributed by atoms with Crippen LogP contribution < -0.4 is 0 Å². The van der Waals surface area contributed by atoms with Crippen molar-refractivity contribution in [1.29, 1.82) is 0 Å². The molecule has 0 aliphatic heterocycles. The second-order valence-corrected chi connectivity index (χ2v) is 6.10. The monoisotopic (exact) mass is 340 g/mol. The first-order chi connectivity index (χ1) is 11.8. The molecule has 0 bridgehead atoms. The summed E-state index contributed by atoms with van der Waals surface area (Å²) in [6.07, 6.45) is 0. The molecule has 0 fully saturated rings. The van der Waals surface area contributed by atoms with Crippen molar-refractivity contribution in [3.8, 4) is 22.8 Å². The minimum Gasteiger partial charge on any atom is -0.478 e. The molecule has 0 unspecified atom stereocenters. The van der Waals surface area contributed by atoms with Gasteiger partial charge in [0.2, 0.25) is 5.82 Å². The average molecular weight is 340 g/mol. The third-order valence-corrected chi connectivity index (χ3v) is 4.23. The molecule has 0 amide bonds. The van der Waals surface area contributed by atoms with E-state index in [0.717, 1.165) is 5.56 Å². The largest absolute Gasteiger partial charge is 0.478 e. The predicted molar refractivity (Wildman–Crippen MR) is 91.0 cm³/mol. The van der Waals surface area contributed by atoms with Gasteiger partial charge in [-0.3, -0.25) is 0 Å². The Morgan fingerprint density at radius 2 is 1.72 bits per heavy atom. The van der Waals surface area contributed by atoms with Crippen LogP contribution in [-0.2, 0) is 0 Å². The summed E-state index contributed by atoms with van der Waals surface area (Å²) in [6.45, 7) is 7.00. The van der Waals surface area contributed by atoms with Gasteiger partial charge in [-0.15, -0.1) is 0 Å². The number of carboxylic acids is 1. The van der Waals surface area contributed by atoms with Gasteiger partial charge in [-0.2, -0.15) is 4.98 Å². The van der Waals surface area contributed by atoms with Crippen LogP contribution in [0.2, 0.25) is 0 Å². The highest BCUT2D eigenvalue weighted by Crippen LogP contribution is 2.30. The lowest BCUT2D eigenvalue weighted by molar-refractivity contribution is 0.0696. The van der Waals surface area contributed by atoms with E-state index in [0.29, 0.717) is 22.3 Å². The molecule has 0 spiro atoms. The minimum atomic E-state index is -1.02. The average Bonchev–Trinajstić information content (AvgIpc) is 3.00. The van der Waals surface area contributed by atoms with E-state index in [4.69, 9.17) is 4.52 Å². The van der Waals surface area contributed by atoms with E-state index in [1.165, 1.54) is 6.07 Å². The minimum absolute atomic E-state index is 0.0746. The van der Waals surface area contributed by atoms with Gasteiger partial charge in [-0.1, -0.05) is 23.4 Å². The molecule has 128 valence electrons. The molecule has 0 saturated heterocycles. The van der Waals surface area contributed by atoms with E-state index >= 15 is 0 Å². The first-order valence-corrected chi connectivity index (χ1v) is 7.74. The standard InChI is InChI=1S/C19H17FN2O3/c1-9-5-6-10(2)16(20)15(9)18-21-17(22-25-18)13-8-14(19(23)24)12(4)7-11(13)3/h5-8H,1-4H3,(H,23,24). The molecular formula is C19H17FN2O3. The Morgan fingerprint density at radius 1 is 1.04 bits per heavy atom. The maximum atomic E-state index is 14.5. The Balaban J connectivity index is 2.14. The Bertz CT molecular complexity index is 993. The lowest BCUT2D eigenvalue weighted by atomic mass is 9.99. The van der Waals surface area contributed by atoms with Crippen LogP contribution in [0.15, 0.2) is 28.8 Å². The Kier molecular flexibility index (Phi) is 4.12. The van der Waals surface area contributed by atoms with E-state index < -0.39 is 11.8 Å². The van der Waals surface area contributed by atoms with E-state index in [-0.39, 0.29) is 22.8 Å². The number of hydrogen-bond acceptors (Lipinski definition) is 4. The summed E-state index contributed by atoms with van der Waals surface area (Å²) >= 11 is 0. The number of hydrogen-bond donors (Lipinski definition) is 1. The van der Waals surface area contributed by atoms with Gasteiger partial charge in [0, 0.05) is 5.56 Å². The van der Waals surface area contributed by atoms with Crippen LogP contribution in [-0.4, -0.2) is 21.2 Å². The molecule has 0 saturated carbocycles. The third-order valence-electron chi connectivity index (χ3n) is 4.23. The third kappa shape index (κ3) is 2.91.